The van der Waals surface area contributed by atoms with Crippen molar-refractivity contribution in [2.24, 2.45) is 0 Å². The highest BCUT2D eigenvalue weighted by Crippen LogP contribution is 2.38. The van der Waals surface area contributed by atoms with Crippen molar-refractivity contribution in [2.75, 3.05) is 38.9 Å². The number of carbonyl (C=O) groups is 1. The van der Waals surface area contributed by atoms with E-state index in [1.807, 2.05) is 6.07 Å². The van der Waals surface area contributed by atoms with Crippen LogP contribution in [0.4, 0.5) is 5.82 Å². The number of rotatable bonds is 5. The molecule has 2 aliphatic rings. The van der Waals surface area contributed by atoms with E-state index in [0.29, 0.717) is 31.6 Å². The number of amides is 1. The molecule has 3 aromatic heterocycles. The Hall–Kier alpha value is -2.81. The van der Waals surface area contributed by atoms with Gasteiger partial charge in [-0.1, -0.05) is 0 Å². The van der Waals surface area contributed by atoms with Gasteiger partial charge in [0.15, 0.2) is 0 Å². The van der Waals surface area contributed by atoms with E-state index in [4.69, 9.17) is 19.2 Å². The van der Waals surface area contributed by atoms with Gasteiger partial charge in [-0.2, -0.15) is 0 Å². The molecule has 0 saturated carbocycles. The molecule has 5 heterocycles. The van der Waals surface area contributed by atoms with Gasteiger partial charge in [0, 0.05) is 56.9 Å². The van der Waals surface area contributed by atoms with Gasteiger partial charge in [0.25, 0.3) is 0 Å². The highest BCUT2D eigenvalue weighted by molar-refractivity contribution is 5.90. The summed E-state index contributed by atoms with van der Waals surface area (Å²) in [5.74, 6) is 0.658. The summed E-state index contributed by atoms with van der Waals surface area (Å²) in [6, 6.07) is 8.26. The number of methoxy groups -OCH3 is 1. The van der Waals surface area contributed by atoms with Crippen molar-refractivity contribution in [1.82, 2.24) is 14.4 Å². The first-order valence-corrected chi connectivity index (χ1v) is 11.0. The maximum Gasteiger partial charge on any atom is 0.222 e. The number of carbonyl (C=O) groups excluding carboxylic acids is 1. The van der Waals surface area contributed by atoms with E-state index in [-0.39, 0.29) is 5.91 Å². The molecular weight excluding hydrogens is 408 g/mol. The molecule has 5 rings (SSSR count). The molecular formula is C24H28N4O4. The van der Waals surface area contributed by atoms with E-state index in [9.17, 15) is 4.79 Å². The fourth-order valence-corrected chi connectivity index (χ4v) is 4.71. The van der Waals surface area contributed by atoms with Gasteiger partial charge in [0.2, 0.25) is 5.91 Å². The van der Waals surface area contributed by atoms with E-state index in [1.165, 1.54) is 6.92 Å². The zero-order chi connectivity index (χ0) is 22.3. The van der Waals surface area contributed by atoms with Gasteiger partial charge >= 0.3 is 0 Å². The van der Waals surface area contributed by atoms with Crippen LogP contribution < -0.4 is 5.32 Å². The Morgan fingerprint density at radius 3 is 2.81 bits per heavy atom. The average molecular weight is 437 g/mol. The minimum Gasteiger partial charge on any atom is -0.381 e. The summed E-state index contributed by atoms with van der Waals surface area (Å²) >= 11 is 0. The molecule has 2 atom stereocenters. The summed E-state index contributed by atoms with van der Waals surface area (Å²) in [6.07, 6.45) is 3.52. The molecule has 1 unspecified atom stereocenters. The fraction of sp³-hybridized carbons (Fsp3) is 0.458. The Morgan fingerprint density at radius 2 is 2.12 bits per heavy atom. The van der Waals surface area contributed by atoms with E-state index >= 15 is 0 Å². The zero-order valence-corrected chi connectivity index (χ0v) is 18.7. The lowest BCUT2D eigenvalue weighted by Gasteiger charge is -2.26. The fourth-order valence-electron chi connectivity index (χ4n) is 4.71. The molecule has 3 aromatic rings. The smallest absolute Gasteiger partial charge is 0.222 e. The Labute approximate surface area is 186 Å². The van der Waals surface area contributed by atoms with Gasteiger partial charge in [0.05, 0.1) is 30.1 Å². The molecule has 0 radical (unpaired) electrons. The lowest BCUT2D eigenvalue weighted by molar-refractivity contribution is -0.114. The Kier molecular flexibility index (Phi) is 5.44. The summed E-state index contributed by atoms with van der Waals surface area (Å²) in [5.41, 5.74) is 5.42. The van der Waals surface area contributed by atoms with Crippen LogP contribution in [0.2, 0.25) is 0 Å². The van der Waals surface area contributed by atoms with Crippen molar-refractivity contribution in [3.63, 3.8) is 0 Å². The molecule has 32 heavy (non-hydrogen) atoms. The minimum absolute atomic E-state index is 0.154. The van der Waals surface area contributed by atoms with E-state index < -0.39 is 5.60 Å². The molecule has 2 fully saturated rings. The Balaban J connectivity index is 1.68. The quantitative estimate of drug-likeness (QED) is 0.659. The van der Waals surface area contributed by atoms with Gasteiger partial charge in [-0.15, -0.1) is 0 Å². The number of nitrogens with zero attached hydrogens (tertiary/aromatic N) is 3. The minimum atomic E-state index is -0.526. The molecule has 0 bridgehead atoms. The van der Waals surface area contributed by atoms with Crippen LogP contribution in [0.15, 0.2) is 30.6 Å². The number of aromatic nitrogens is 3. The van der Waals surface area contributed by atoms with Crippen molar-refractivity contribution in [3.05, 3.63) is 47.5 Å². The van der Waals surface area contributed by atoms with Crippen LogP contribution in [-0.2, 0) is 24.6 Å². The molecule has 2 saturated heterocycles. The zero-order valence-electron chi connectivity index (χ0n) is 18.7. The van der Waals surface area contributed by atoms with Crippen molar-refractivity contribution in [3.8, 4) is 11.3 Å². The third kappa shape index (κ3) is 3.68. The lowest BCUT2D eigenvalue weighted by atomic mass is 9.95. The Bertz CT molecular complexity index is 1160. The van der Waals surface area contributed by atoms with Gasteiger partial charge in [-0.25, -0.2) is 9.97 Å². The number of hydrogen-bond donors (Lipinski definition) is 1. The first kappa shape index (κ1) is 21.1. The molecule has 0 aromatic carbocycles. The normalized spacial score (nSPS) is 23.2. The predicted octanol–water partition coefficient (Wildman–Crippen LogP) is 3.43. The Morgan fingerprint density at radius 1 is 1.25 bits per heavy atom. The van der Waals surface area contributed by atoms with Gasteiger partial charge in [-0.3, -0.25) is 4.79 Å². The molecule has 1 N–H and O–H groups in total. The summed E-state index contributed by atoms with van der Waals surface area (Å²) in [5, 5.41) is 2.79. The third-order valence-electron chi connectivity index (χ3n) is 6.43. The lowest BCUT2D eigenvalue weighted by Crippen LogP contribution is -2.30. The number of anilines is 1. The van der Waals surface area contributed by atoms with Gasteiger partial charge < -0.3 is 23.9 Å². The number of hydrogen-bond acceptors (Lipinski definition) is 6. The molecule has 168 valence electrons. The number of aryl methyl sites for hydroxylation is 1. The maximum atomic E-state index is 11.6. The predicted molar refractivity (Wildman–Crippen MR) is 120 cm³/mol. The summed E-state index contributed by atoms with van der Waals surface area (Å²) in [4.78, 5) is 21.1. The SMILES string of the molecule is CO[C@@]1(c2cc(C)cc(-c3cc(C4CCOC4)n4cnc(NC(C)=O)cc34)n2)CCOC1. The summed E-state index contributed by atoms with van der Waals surface area (Å²) < 4.78 is 19.3. The number of fused-ring (bicyclic) bond motifs is 1. The molecule has 8 heteroatoms. The third-order valence-corrected chi connectivity index (χ3v) is 6.43. The van der Waals surface area contributed by atoms with Crippen LogP contribution in [0.3, 0.4) is 0 Å². The van der Waals surface area contributed by atoms with Crippen molar-refractivity contribution >= 4 is 17.2 Å². The summed E-state index contributed by atoms with van der Waals surface area (Å²) in [7, 11) is 1.72. The van der Waals surface area contributed by atoms with Crippen LogP contribution in [0.5, 0.6) is 0 Å². The van der Waals surface area contributed by atoms with Crippen LogP contribution >= 0.6 is 0 Å². The molecule has 8 nitrogen and oxygen atoms in total. The first-order valence-electron chi connectivity index (χ1n) is 11.0. The summed E-state index contributed by atoms with van der Waals surface area (Å²) in [6.45, 7) is 6.16. The molecule has 0 spiro atoms. The average Bonchev–Trinajstić information content (AvgIpc) is 3.52. The number of ether oxygens (including phenoxy) is 3. The van der Waals surface area contributed by atoms with E-state index in [2.05, 4.69) is 39.8 Å². The van der Waals surface area contributed by atoms with Gasteiger partial charge in [0.1, 0.15) is 17.7 Å². The topological polar surface area (TPSA) is 87.0 Å². The first-order chi connectivity index (χ1) is 15.5. The number of pyridine rings is 1. The largest absolute Gasteiger partial charge is 0.381 e. The van der Waals surface area contributed by atoms with Gasteiger partial charge in [-0.05, 0) is 37.1 Å². The van der Waals surface area contributed by atoms with Crippen LogP contribution in [0, 0.1) is 6.92 Å². The van der Waals surface area contributed by atoms with Crippen molar-refractivity contribution in [2.45, 2.75) is 38.2 Å². The highest BCUT2D eigenvalue weighted by atomic mass is 16.5. The molecule has 0 aliphatic carbocycles. The monoisotopic (exact) mass is 436 g/mol. The highest BCUT2D eigenvalue weighted by Gasteiger charge is 2.38. The van der Waals surface area contributed by atoms with Crippen LogP contribution in [0.1, 0.15) is 42.6 Å². The standard InChI is InChI=1S/C24H28N4O4/c1-15-8-19(27-22(9-15)24(30-3)5-7-32-13-24)18-10-20(17-4-6-31-12-17)28-14-25-23(11-21(18)28)26-16(2)29/h8-11,14,17H,4-7,12-13H2,1-3H3,(H,26,29)/t17?,24-/m0/s1. The molecule has 1 amide bonds. The van der Waals surface area contributed by atoms with E-state index in [0.717, 1.165) is 53.2 Å². The maximum absolute atomic E-state index is 11.6. The van der Waals surface area contributed by atoms with Crippen molar-refractivity contribution in [1.29, 1.82) is 0 Å². The van der Waals surface area contributed by atoms with Crippen LogP contribution in [0.25, 0.3) is 16.8 Å². The second-order valence-electron chi connectivity index (χ2n) is 8.67. The molecule has 2 aliphatic heterocycles. The number of nitrogens with one attached hydrogen (secondary N) is 1. The second-order valence-corrected chi connectivity index (χ2v) is 8.67. The van der Waals surface area contributed by atoms with Crippen molar-refractivity contribution < 1.29 is 19.0 Å². The second kappa shape index (κ2) is 8.27. The van der Waals surface area contributed by atoms with Crippen LogP contribution in [-0.4, -0.2) is 53.8 Å². The van der Waals surface area contributed by atoms with E-state index in [1.54, 1.807) is 13.4 Å².